The molecule has 9 heteroatoms. The normalized spacial score (nSPS) is 12.5. The molecule has 0 spiro atoms. The molecule has 1 heterocycles. The van der Waals surface area contributed by atoms with Gasteiger partial charge in [-0.1, -0.05) is 34.8 Å². The van der Waals surface area contributed by atoms with Crippen molar-refractivity contribution in [2.45, 2.75) is 19.4 Å². The van der Waals surface area contributed by atoms with Crippen LogP contribution in [-0.2, 0) is 7.05 Å². The molecule has 124 valence electrons. The second-order valence-electron chi connectivity index (χ2n) is 4.89. The van der Waals surface area contributed by atoms with E-state index in [1.807, 2.05) is 0 Å². The Hall–Kier alpha value is -1.37. The molecule has 1 N–H and O–H groups in total. The van der Waals surface area contributed by atoms with Crippen molar-refractivity contribution in [3.05, 3.63) is 50.2 Å². The summed E-state index contributed by atoms with van der Waals surface area (Å²) >= 11 is 17.9. The van der Waals surface area contributed by atoms with Crippen molar-refractivity contribution in [3.63, 3.8) is 0 Å². The summed E-state index contributed by atoms with van der Waals surface area (Å²) in [6.45, 7) is 1.65. The largest absolute Gasteiger partial charge is 0.345 e. The average molecular weight is 383 g/mol. The van der Waals surface area contributed by atoms with Crippen LogP contribution in [0.3, 0.4) is 0 Å². The smallest absolute Gasteiger partial charge is 0.282 e. The lowest BCUT2D eigenvalue weighted by atomic mass is 10.1. The molecule has 0 bridgehead atoms. The topological polar surface area (TPSA) is 46.9 Å². The lowest BCUT2D eigenvalue weighted by Crippen LogP contribution is -2.27. The zero-order valence-electron chi connectivity index (χ0n) is 12.1. The Morgan fingerprint density at radius 2 is 1.83 bits per heavy atom. The van der Waals surface area contributed by atoms with Gasteiger partial charge in [0.15, 0.2) is 0 Å². The number of alkyl halides is 2. The summed E-state index contributed by atoms with van der Waals surface area (Å²) in [7, 11) is 1.46. The maximum Gasteiger partial charge on any atom is 0.282 e. The molecule has 1 aromatic carbocycles. The number of nitrogens with zero attached hydrogens (tertiary/aromatic N) is 2. The maximum atomic E-state index is 12.9. The highest BCUT2D eigenvalue weighted by Gasteiger charge is 2.24. The molecule has 1 atom stereocenters. The SMILES string of the molecule is CC(NC(=O)c1cn(C)nc1C(F)F)c1cc(Cl)c(Cl)cc1Cl. The fraction of sp³-hybridized carbons (Fsp3) is 0.286. The maximum absolute atomic E-state index is 12.9. The van der Waals surface area contributed by atoms with E-state index < -0.39 is 24.1 Å². The van der Waals surface area contributed by atoms with Crippen LogP contribution in [0.1, 0.15) is 41.0 Å². The first-order valence-corrected chi connectivity index (χ1v) is 7.61. The van der Waals surface area contributed by atoms with Crippen LogP contribution in [0.5, 0.6) is 0 Å². The molecule has 0 aliphatic carbocycles. The minimum Gasteiger partial charge on any atom is -0.345 e. The minimum atomic E-state index is -2.85. The van der Waals surface area contributed by atoms with Crippen LogP contribution in [-0.4, -0.2) is 15.7 Å². The molecule has 0 aliphatic heterocycles. The molecular weight excluding hydrogens is 371 g/mol. The molecule has 1 unspecified atom stereocenters. The third kappa shape index (κ3) is 3.94. The van der Waals surface area contributed by atoms with Crippen LogP contribution in [0.15, 0.2) is 18.3 Å². The van der Waals surface area contributed by atoms with Crippen molar-refractivity contribution in [3.8, 4) is 0 Å². The van der Waals surface area contributed by atoms with Crippen molar-refractivity contribution in [1.29, 1.82) is 0 Å². The standard InChI is InChI=1S/C14H12Cl3F2N3O/c1-6(7-3-10(16)11(17)4-9(7)15)20-14(23)8-5-22(2)21-12(8)13(18)19/h3-6,13H,1-2H3,(H,20,23). The van der Waals surface area contributed by atoms with Crippen LogP contribution < -0.4 is 5.32 Å². The second kappa shape index (κ2) is 7.03. The summed E-state index contributed by atoms with van der Waals surface area (Å²) in [5.41, 5.74) is -0.236. The Labute approximate surface area is 146 Å². The van der Waals surface area contributed by atoms with Crippen molar-refractivity contribution < 1.29 is 13.6 Å². The van der Waals surface area contributed by atoms with E-state index in [2.05, 4.69) is 10.4 Å². The lowest BCUT2D eigenvalue weighted by molar-refractivity contribution is 0.0925. The van der Waals surface area contributed by atoms with E-state index in [0.717, 1.165) is 4.68 Å². The van der Waals surface area contributed by atoms with Gasteiger partial charge in [0.25, 0.3) is 12.3 Å². The summed E-state index contributed by atoms with van der Waals surface area (Å²) in [6, 6.07) is 2.42. The minimum absolute atomic E-state index is 0.189. The van der Waals surface area contributed by atoms with E-state index in [0.29, 0.717) is 10.6 Å². The van der Waals surface area contributed by atoms with Gasteiger partial charge in [-0.2, -0.15) is 5.10 Å². The molecule has 0 saturated carbocycles. The Morgan fingerprint density at radius 3 is 2.43 bits per heavy atom. The fourth-order valence-corrected chi connectivity index (χ4v) is 2.78. The van der Waals surface area contributed by atoms with Gasteiger partial charge in [0.1, 0.15) is 5.69 Å². The molecule has 0 fully saturated rings. The van der Waals surface area contributed by atoms with Crippen molar-refractivity contribution in [2.75, 3.05) is 0 Å². The molecule has 0 saturated heterocycles. The molecular formula is C14H12Cl3F2N3O. The molecule has 1 aromatic heterocycles. The molecule has 2 aromatic rings. The number of amides is 1. The van der Waals surface area contributed by atoms with Gasteiger partial charge in [0.05, 0.1) is 21.7 Å². The first kappa shape index (κ1) is 18.0. The van der Waals surface area contributed by atoms with E-state index in [1.54, 1.807) is 6.92 Å². The number of aryl methyl sites for hydroxylation is 1. The number of carbonyl (C=O) groups is 1. The highest BCUT2D eigenvalue weighted by atomic mass is 35.5. The molecule has 0 aliphatic rings. The number of hydrogen-bond donors (Lipinski definition) is 1. The van der Waals surface area contributed by atoms with E-state index in [-0.39, 0.29) is 15.6 Å². The van der Waals surface area contributed by atoms with E-state index >= 15 is 0 Å². The number of carbonyl (C=O) groups excluding carboxylic acids is 1. The monoisotopic (exact) mass is 381 g/mol. The average Bonchev–Trinajstić information content (AvgIpc) is 2.85. The van der Waals surface area contributed by atoms with E-state index in [9.17, 15) is 13.6 Å². The summed E-state index contributed by atoms with van der Waals surface area (Å²) in [5.74, 6) is -0.678. The number of benzene rings is 1. The fourth-order valence-electron chi connectivity index (χ4n) is 2.06. The van der Waals surface area contributed by atoms with Crippen molar-refractivity contribution in [1.82, 2.24) is 15.1 Å². The van der Waals surface area contributed by atoms with Crippen LogP contribution in [0, 0.1) is 0 Å². The van der Waals surface area contributed by atoms with E-state index in [4.69, 9.17) is 34.8 Å². The third-order valence-electron chi connectivity index (χ3n) is 3.16. The summed E-state index contributed by atoms with van der Waals surface area (Å²) < 4.78 is 27.0. The molecule has 23 heavy (non-hydrogen) atoms. The van der Waals surface area contributed by atoms with Gasteiger partial charge in [0.2, 0.25) is 0 Å². The molecule has 4 nitrogen and oxygen atoms in total. The van der Waals surface area contributed by atoms with Crippen LogP contribution in [0.2, 0.25) is 15.1 Å². The summed E-state index contributed by atoms with van der Waals surface area (Å²) in [4.78, 5) is 12.2. The molecule has 0 radical (unpaired) electrons. The molecule has 1 amide bonds. The zero-order valence-corrected chi connectivity index (χ0v) is 14.3. The highest BCUT2D eigenvalue weighted by Crippen LogP contribution is 2.32. The van der Waals surface area contributed by atoms with Crippen LogP contribution >= 0.6 is 34.8 Å². The highest BCUT2D eigenvalue weighted by molar-refractivity contribution is 6.43. The van der Waals surface area contributed by atoms with Gasteiger partial charge in [0, 0.05) is 18.3 Å². The first-order valence-electron chi connectivity index (χ1n) is 6.47. The Balaban J connectivity index is 2.25. The Kier molecular flexibility index (Phi) is 5.49. The van der Waals surface area contributed by atoms with Gasteiger partial charge < -0.3 is 5.32 Å². The quantitative estimate of drug-likeness (QED) is 0.771. The Bertz CT molecular complexity index is 749. The van der Waals surface area contributed by atoms with Crippen molar-refractivity contribution >= 4 is 40.7 Å². The predicted molar refractivity (Wildman–Crippen MR) is 85.5 cm³/mol. The van der Waals surface area contributed by atoms with Crippen LogP contribution in [0.25, 0.3) is 0 Å². The second-order valence-corrected chi connectivity index (χ2v) is 6.11. The van der Waals surface area contributed by atoms with Gasteiger partial charge in [-0.25, -0.2) is 8.78 Å². The van der Waals surface area contributed by atoms with Crippen LogP contribution in [0.4, 0.5) is 8.78 Å². The number of aromatic nitrogens is 2. The lowest BCUT2D eigenvalue weighted by Gasteiger charge is -2.16. The van der Waals surface area contributed by atoms with Gasteiger partial charge in [-0.15, -0.1) is 0 Å². The third-order valence-corrected chi connectivity index (χ3v) is 4.21. The van der Waals surface area contributed by atoms with E-state index in [1.165, 1.54) is 25.4 Å². The van der Waals surface area contributed by atoms with Gasteiger partial charge in [-0.05, 0) is 24.6 Å². The zero-order chi connectivity index (χ0) is 17.3. The number of hydrogen-bond acceptors (Lipinski definition) is 2. The van der Waals surface area contributed by atoms with Crippen molar-refractivity contribution in [2.24, 2.45) is 7.05 Å². The predicted octanol–water partition coefficient (Wildman–Crippen LogP) is 4.81. The number of halogens is 5. The van der Waals surface area contributed by atoms with Gasteiger partial charge in [-0.3, -0.25) is 9.48 Å². The molecule has 2 rings (SSSR count). The van der Waals surface area contributed by atoms with Gasteiger partial charge >= 0.3 is 0 Å². The Morgan fingerprint density at radius 1 is 1.22 bits per heavy atom. The number of rotatable bonds is 4. The summed E-state index contributed by atoms with van der Waals surface area (Å²) in [5, 5.41) is 7.07. The first-order chi connectivity index (χ1) is 10.7. The summed E-state index contributed by atoms with van der Waals surface area (Å²) in [6.07, 6.45) is -1.61. The number of nitrogens with one attached hydrogen (secondary N) is 1.